The van der Waals surface area contributed by atoms with Crippen molar-refractivity contribution >= 4 is 34.1 Å². The molecule has 11 rings (SSSR count). The van der Waals surface area contributed by atoms with Gasteiger partial charge in [-0.3, -0.25) is 0 Å². The molecule has 0 amide bonds. The van der Waals surface area contributed by atoms with Gasteiger partial charge in [0.2, 0.25) is 0 Å². The molecular weight excluding hydrogens is 697 g/mol. The molecule has 0 fully saturated rings. The fraction of sp³-hybridized carbons (Fsp3) is 0.0755. The van der Waals surface area contributed by atoms with E-state index >= 15 is 0 Å². The zero-order chi connectivity index (χ0) is 37.4. The van der Waals surface area contributed by atoms with E-state index in [0.717, 1.165) is 22.7 Å². The zero-order valence-electron chi connectivity index (χ0n) is 31.3. The number of benzene rings is 8. The van der Waals surface area contributed by atoms with Crippen LogP contribution in [0.4, 0.5) is 0 Å². The Balaban J connectivity index is 1.03. The minimum Gasteiger partial charge on any atom is -0.358 e. The lowest BCUT2D eigenvalue weighted by Gasteiger charge is -2.26. The monoisotopic (exact) mass is 734 g/mol. The van der Waals surface area contributed by atoms with Gasteiger partial charge < -0.3 is 5.32 Å². The van der Waals surface area contributed by atoms with Crippen LogP contribution in [-0.2, 0) is 5.41 Å². The van der Waals surface area contributed by atoms with Crippen LogP contribution in [0.3, 0.4) is 0 Å². The second-order valence-corrected chi connectivity index (χ2v) is 16.6. The molecule has 3 heteroatoms. The molecule has 0 radical (unpaired) electrons. The normalized spacial score (nSPS) is 16.1. The van der Waals surface area contributed by atoms with Crippen molar-refractivity contribution in [2.24, 2.45) is 4.99 Å². The Morgan fingerprint density at radius 3 is 1.95 bits per heavy atom. The highest BCUT2D eigenvalue weighted by molar-refractivity contribution is 8.03. The molecule has 1 unspecified atom stereocenters. The molecule has 1 aliphatic carbocycles. The lowest BCUT2D eigenvalue weighted by Crippen LogP contribution is -2.32. The summed E-state index contributed by atoms with van der Waals surface area (Å²) in [6.45, 7) is 4.78. The summed E-state index contributed by atoms with van der Waals surface area (Å²) >= 11 is 1.84. The van der Waals surface area contributed by atoms with E-state index in [1.54, 1.807) is 0 Å². The maximum absolute atomic E-state index is 5.46. The largest absolute Gasteiger partial charge is 0.358 e. The summed E-state index contributed by atoms with van der Waals surface area (Å²) in [6, 6.07) is 66.5. The molecule has 1 atom stereocenters. The number of hydrogen-bond acceptors (Lipinski definition) is 3. The number of nitrogens with zero attached hydrogens (tertiary/aromatic N) is 1. The van der Waals surface area contributed by atoms with Crippen molar-refractivity contribution in [1.82, 2.24) is 5.32 Å². The third-order valence-electron chi connectivity index (χ3n) is 11.9. The summed E-state index contributed by atoms with van der Waals surface area (Å²) in [5.41, 5.74) is 17.2. The number of hydrogen-bond donors (Lipinski definition) is 1. The average Bonchev–Trinajstić information content (AvgIpc) is 3.74. The first-order chi connectivity index (χ1) is 27.5. The second kappa shape index (κ2) is 12.8. The Morgan fingerprint density at radius 1 is 0.500 bits per heavy atom. The summed E-state index contributed by atoms with van der Waals surface area (Å²) in [5.74, 6) is 0.896. The van der Waals surface area contributed by atoms with Crippen molar-refractivity contribution in [2.45, 2.75) is 30.2 Å². The van der Waals surface area contributed by atoms with Crippen LogP contribution in [-0.4, -0.2) is 5.84 Å². The highest BCUT2D eigenvalue weighted by atomic mass is 32.2. The van der Waals surface area contributed by atoms with Crippen LogP contribution in [0.1, 0.15) is 47.7 Å². The number of fused-ring (bicyclic) bond motifs is 7. The molecule has 0 spiro atoms. The molecule has 1 N–H and O–H groups in total. The van der Waals surface area contributed by atoms with Crippen LogP contribution in [0.5, 0.6) is 0 Å². The Morgan fingerprint density at radius 2 is 1.12 bits per heavy atom. The van der Waals surface area contributed by atoms with E-state index in [1.807, 2.05) is 11.8 Å². The summed E-state index contributed by atoms with van der Waals surface area (Å²) in [4.78, 5) is 7.99. The number of rotatable bonds is 5. The van der Waals surface area contributed by atoms with Crippen LogP contribution < -0.4 is 5.32 Å². The Kier molecular flexibility index (Phi) is 7.55. The molecule has 0 aromatic heterocycles. The van der Waals surface area contributed by atoms with Gasteiger partial charge in [-0.25, -0.2) is 4.99 Å². The molecule has 8 aromatic carbocycles. The molecule has 0 saturated heterocycles. The Labute approximate surface area is 332 Å². The summed E-state index contributed by atoms with van der Waals surface area (Å²) in [5, 5.41) is 6.44. The van der Waals surface area contributed by atoms with Gasteiger partial charge in [0.1, 0.15) is 5.84 Å². The van der Waals surface area contributed by atoms with E-state index < -0.39 is 0 Å². The van der Waals surface area contributed by atoms with E-state index in [-0.39, 0.29) is 11.5 Å². The van der Waals surface area contributed by atoms with E-state index in [1.165, 1.54) is 81.8 Å². The van der Waals surface area contributed by atoms with Gasteiger partial charge in [-0.2, -0.15) is 0 Å². The molecule has 266 valence electrons. The van der Waals surface area contributed by atoms with Crippen molar-refractivity contribution in [1.29, 1.82) is 0 Å². The first-order valence-electron chi connectivity index (χ1n) is 19.4. The standard InChI is InChI=1S/C53H38N2S/c1-53(2)44-31-37(27-28-42(44)48-45(53)32-38-19-9-10-24-41(38)47(48)34-17-7-4-8-18-34)36-21-13-22-39(29-36)49-51-50(43-25-11-12-26-46(43)56-51)55-52(54-49)40-23-14-20-35(30-40)33-15-5-3-6-16-33/h3-32,50H,1-2H3,(H,54,55). The fourth-order valence-electron chi connectivity index (χ4n) is 9.10. The van der Waals surface area contributed by atoms with Crippen LogP contribution in [0.15, 0.2) is 197 Å². The first-order valence-corrected chi connectivity index (χ1v) is 20.2. The van der Waals surface area contributed by atoms with Crippen molar-refractivity contribution in [3.05, 3.63) is 215 Å². The lowest BCUT2D eigenvalue weighted by atomic mass is 9.80. The Bertz CT molecular complexity index is 2940. The molecule has 3 aliphatic rings. The molecule has 0 bridgehead atoms. The maximum Gasteiger partial charge on any atom is 0.134 e. The quantitative estimate of drug-likeness (QED) is 0.190. The number of nitrogens with one attached hydrogen (secondary N) is 1. The van der Waals surface area contributed by atoms with Gasteiger partial charge in [-0.05, 0) is 102 Å². The van der Waals surface area contributed by atoms with Crippen molar-refractivity contribution < 1.29 is 0 Å². The van der Waals surface area contributed by atoms with Gasteiger partial charge in [0.15, 0.2) is 0 Å². The average molecular weight is 735 g/mol. The van der Waals surface area contributed by atoms with Gasteiger partial charge in [-0.1, -0.05) is 177 Å². The predicted molar refractivity (Wildman–Crippen MR) is 236 cm³/mol. The smallest absolute Gasteiger partial charge is 0.134 e. The Hall–Kier alpha value is -6.42. The third-order valence-corrected chi connectivity index (χ3v) is 13.2. The van der Waals surface area contributed by atoms with Gasteiger partial charge in [0.05, 0.1) is 11.7 Å². The van der Waals surface area contributed by atoms with Crippen LogP contribution >= 0.6 is 11.8 Å². The molecule has 2 nitrogen and oxygen atoms in total. The van der Waals surface area contributed by atoms with Gasteiger partial charge in [-0.15, -0.1) is 0 Å². The van der Waals surface area contributed by atoms with Gasteiger partial charge in [0.25, 0.3) is 0 Å². The molecular formula is C53H38N2S. The summed E-state index contributed by atoms with van der Waals surface area (Å²) in [7, 11) is 0. The van der Waals surface area contributed by atoms with E-state index in [2.05, 4.69) is 201 Å². The van der Waals surface area contributed by atoms with Crippen molar-refractivity contribution in [3.63, 3.8) is 0 Å². The molecule has 0 saturated carbocycles. The summed E-state index contributed by atoms with van der Waals surface area (Å²) < 4.78 is 0. The number of aliphatic imine (C=N–C) groups is 1. The fourth-order valence-corrected chi connectivity index (χ4v) is 10.4. The van der Waals surface area contributed by atoms with Crippen LogP contribution in [0, 0.1) is 0 Å². The van der Waals surface area contributed by atoms with Gasteiger partial charge >= 0.3 is 0 Å². The number of amidine groups is 1. The van der Waals surface area contributed by atoms with Crippen LogP contribution in [0.2, 0.25) is 0 Å². The zero-order valence-corrected chi connectivity index (χ0v) is 32.1. The third kappa shape index (κ3) is 5.22. The predicted octanol–water partition coefficient (Wildman–Crippen LogP) is 13.7. The minimum absolute atomic E-state index is 0.0383. The minimum atomic E-state index is -0.168. The molecule has 56 heavy (non-hydrogen) atoms. The SMILES string of the molecule is CC1(C)c2cc(-c3cccc(C4=C5Sc6ccccc6C5NC(c5cccc(-c6ccccc6)c5)=N4)c3)ccc2-c2c1cc1ccccc1c2-c1ccccc1. The molecule has 8 aromatic rings. The maximum atomic E-state index is 5.46. The second-order valence-electron chi connectivity index (χ2n) is 15.6. The van der Waals surface area contributed by atoms with Gasteiger partial charge in [0, 0.05) is 26.3 Å². The van der Waals surface area contributed by atoms with Crippen LogP contribution in [0.25, 0.3) is 61.0 Å². The highest BCUT2D eigenvalue weighted by Crippen LogP contribution is 2.56. The highest BCUT2D eigenvalue weighted by Gasteiger charge is 2.39. The van der Waals surface area contributed by atoms with E-state index in [4.69, 9.17) is 4.99 Å². The topological polar surface area (TPSA) is 24.4 Å². The molecule has 2 heterocycles. The summed E-state index contributed by atoms with van der Waals surface area (Å²) in [6.07, 6.45) is 0. The van der Waals surface area contributed by atoms with E-state index in [0.29, 0.717) is 0 Å². The van der Waals surface area contributed by atoms with E-state index in [9.17, 15) is 0 Å². The van der Waals surface area contributed by atoms with Crippen molar-refractivity contribution in [3.8, 4) is 44.5 Å². The first kappa shape index (κ1) is 33.0. The molecule has 2 aliphatic heterocycles. The van der Waals surface area contributed by atoms with Crippen molar-refractivity contribution in [2.75, 3.05) is 0 Å². The lowest BCUT2D eigenvalue weighted by molar-refractivity contribution is 0.661. The number of thioether (sulfide) groups is 1.